The number of hydrogen-bond donors (Lipinski definition) is 0. The molecule has 1 unspecified atom stereocenters. The van der Waals surface area contributed by atoms with Crippen LogP contribution in [0.2, 0.25) is 0 Å². The summed E-state index contributed by atoms with van der Waals surface area (Å²) in [5, 5.41) is 2.28. The Labute approximate surface area is 130 Å². The van der Waals surface area contributed by atoms with Crippen molar-refractivity contribution in [2.75, 3.05) is 0 Å². The first-order valence-electron chi connectivity index (χ1n) is 6.84. The lowest BCUT2D eigenvalue weighted by atomic mass is 10.1. The highest BCUT2D eigenvalue weighted by atomic mass is 79.9. The maximum Gasteiger partial charge on any atom is 0.135 e. The Morgan fingerprint density at radius 3 is 2.48 bits per heavy atom. The third kappa shape index (κ3) is 2.09. The predicted molar refractivity (Wildman–Crippen MR) is 87.9 cm³/mol. The van der Waals surface area contributed by atoms with E-state index in [9.17, 15) is 0 Å². The largest absolute Gasteiger partial charge is 0.465 e. The molecule has 0 saturated heterocycles. The lowest BCUT2D eigenvalue weighted by Crippen LogP contribution is -1.90. The van der Waals surface area contributed by atoms with Crippen molar-refractivity contribution in [2.24, 2.45) is 0 Å². The average molecular weight is 341 g/mol. The Hall–Kier alpha value is -2.00. The molecule has 0 aliphatic heterocycles. The highest BCUT2D eigenvalue weighted by molar-refractivity contribution is 9.09. The monoisotopic (exact) mass is 340 g/mol. The van der Waals surface area contributed by atoms with Crippen LogP contribution in [0.25, 0.3) is 21.9 Å². The zero-order valence-corrected chi connectivity index (χ0v) is 13.1. The number of rotatable bonds is 2. The van der Waals surface area contributed by atoms with Crippen molar-refractivity contribution >= 4 is 37.9 Å². The first kappa shape index (κ1) is 12.7. The fourth-order valence-electron chi connectivity index (χ4n) is 2.66. The Bertz CT molecular complexity index is 933. The topological polar surface area (TPSA) is 26.3 Å². The average Bonchev–Trinajstić information content (AvgIpc) is 3.09. The maximum absolute atomic E-state index is 5.86. The van der Waals surface area contributed by atoms with E-state index < -0.39 is 0 Å². The summed E-state index contributed by atoms with van der Waals surface area (Å²) in [4.78, 5) is 0.0456. The van der Waals surface area contributed by atoms with Crippen LogP contribution in [0.1, 0.15) is 21.9 Å². The molecule has 1 atom stereocenters. The van der Waals surface area contributed by atoms with Gasteiger partial charge in [0, 0.05) is 10.8 Å². The molecule has 2 aromatic carbocycles. The third-order valence-corrected chi connectivity index (χ3v) is 4.68. The van der Waals surface area contributed by atoms with Crippen LogP contribution in [0.5, 0.6) is 0 Å². The zero-order valence-electron chi connectivity index (χ0n) is 11.5. The molecule has 0 radical (unpaired) electrons. The van der Waals surface area contributed by atoms with Crippen molar-refractivity contribution < 1.29 is 8.83 Å². The smallest absolute Gasteiger partial charge is 0.135 e. The first-order valence-corrected chi connectivity index (χ1v) is 7.75. The molecule has 2 heterocycles. The number of furan rings is 2. The van der Waals surface area contributed by atoms with E-state index >= 15 is 0 Å². The Kier molecular flexibility index (Phi) is 2.89. The zero-order chi connectivity index (χ0) is 14.4. The van der Waals surface area contributed by atoms with Crippen LogP contribution in [0.3, 0.4) is 0 Å². The molecular weight excluding hydrogens is 328 g/mol. The van der Waals surface area contributed by atoms with Crippen molar-refractivity contribution in [3.05, 3.63) is 71.7 Å². The molecule has 0 N–H and O–H groups in total. The number of benzene rings is 2. The molecule has 0 fully saturated rings. The number of para-hydroxylation sites is 1. The highest BCUT2D eigenvalue weighted by Gasteiger charge is 2.16. The molecule has 4 rings (SSSR count). The summed E-state index contributed by atoms with van der Waals surface area (Å²) in [6.45, 7) is 1.95. The van der Waals surface area contributed by atoms with Crippen molar-refractivity contribution in [1.82, 2.24) is 0 Å². The maximum atomic E-state index is 5.86. The molecule has 0 aliphatic carbocycles. The molecule has 0 aliphatic rings. The summed E-state index contributed by atoms with van der Waals surface area (Å²) in [6, 6.07) is 18.4. The number of halogens is 1. The first-order chi connectivity index (χ1) is 10.2. The SMILES string of the molecule is Cc1ccc(C(Br)c2ccc3oc4ccccc4c3c2)o1. The van der Waals surface area contributed by atoms with Gasteiger partial charge in [-0.2, -0.15) is 0 Å². The fraction of sp³-hybridized carbons (Fsp3) is 0.111. The van der Waals surface area contributed by atoms with E-state index in [-0.39, 0.29) is 4.83 Å². The lowest BCUT2D eigenvalue weighted by Gasteiger charge is -2.07. The molecule has 4 aromatic rings. The fourth-order valence-corrected chi connectivity index (χ4v) is 3.19. The quantitative estimate of drug-likeness (QED) is 0.420. The summed E-state index contributed by atoms with van der Waals surface area (Å²) in [6.07, 6.45) is 0. The van der Waals surface area contributed by atoms with Gasteiger partial charge in [-0.05, 0) is 42.8 Å². The molecule has 3 heteroatoms. The number of aryl methyl sites for hydroxylation is 1. The standard InChI is InChI=1S/C18H13BrO2/c1-11-6-8-17(20-11)18(19)12-7-9-16-14(10-12)13-4-2-3-5-15(13)21-16/h2-10,18H,1H3. The summed E-state index contributed by atoms with van der Waals surface area (Å²) in [5.74, 6) is 1.84. The molecular formula is C18H13BrO2. The number of hydrogen-bond acceptors (Lipinski definition) is 2. The minimum atomic E-state index is 0.0456. The van der Waals surface area contributed by atoms with E-state index in [1.807, 2.05) is 43.3 Å². The van der Waals surface area contributed by atoms with Crippen molar-refractivity contribution in [1.29, 1.82) is 0 Å². The Morgan fingerprint density at radius 1 is 0.857 bits per heavy atom. The van der Waals surface area contributed by atoms with Gasteiger partial charge in [-0.3, -0.25) is 0 Å². The van der Waals surface area contributed by atoms with Gasteiger partial charge >= 0.3 is 0 Å². The molecule has 0 amide bonds. The van der Waals surface area contributed by atoms with E-state index in [1.165, 1.54) is 0 Å². The van der Waals surface area contributed by atoms with Crippen LogP contribution in [0.4, 0.5) is 0 Å². The third-order valence-electron chi connectivity index (χ3n) is 3.70. The molecule has 2 nitrogen and oxygen atoms in total. The summed E-state index contributed by atoms with van der Waals surface area (Å²) < 4.78 is 11.6. The second-order valence-electron chi connectivity index (χ2n) is 5.16. The minimum Gasteiger partial charge on any atom is -0.465 e. The molecule has 0 spiro atoms. The van der Waals surface area contributed by atoms with E-state index in [2.05, 4.69) is 34.1 Å². The van der Waals surface area contributed by atoms with Gasteiger partial charge in [0.1, 0.15) is 22.7 Å². The number of alkyl halides is 1. The van der Waals surface area contributed by atoms with Crippen LogP contribution in [0, 0.1) is 6.92 Å². The summed E-state index contributed by atoms with van der Waals surface area (Å²) in [7, 11) is 0. The van der Waals surface area contributed by atoms with Crippen molar-refractivity contribution in [3.8, 4) is 0 Å². The minimum absolute atomic E-state index is 0.0456. The van der Waals surface area contributed by atoms with Crippen molar-refractivity contribution in [2.45, 2.75) is 11.8 Å². The van der Waals surface area contributed by atoms with E-state index in [4.69, 9.17) is 8.83 Å². The summed E-state index contributed by atoms with van der Waals surface area (Å²) in [5.41, 5.74) is 2.99. The van der Waals surface area contributed by atoms with Gasteiger partial charge in [-0.1, -0.05) is 40.2 Å². The Morgan fingerprint density at radius 2 is 1.67 bits per heavy atom. The van der Waals surface area contributed by atoms with Gasteiger partial charge in [0.25, 0.3) is 0 Å². The molecule has 104 valence electrons. The van der Waals surface area contributed by atoms with Gasteiger partial charge in [-0.25, -0.2) is 0 Å². The molecule has 0 saturated carbocycles. The lowest BCUT2D eigenvalue weighted by molar-refractivity contribution is 0.492. The van der Waals surface area contributed by atoms with Gasteiger partial charge < -0.3 is 8.83 Å². The highest BCUT2D eigenvalue weighted by Crippen LogP contribution is 2.36. The second kappa shape index (κ2) is 4.78. The van der Waals surface area contributed by atoms with Crippen LogP contribution >= 0.6 is 15.9 Å². The number of fused-ring (bicyclic) bond motifs is 3. The van der Waals surface area contributed by atoms with Gasteiger partial charge in [0.2, 0.25) is 0 Å². The van der Waals surface area contributed by atoms with Gasteiger partial charge in [-0.15, -0.1) is 0 Å². The molecule has 0 bridgehead atoms. The Balaban J connectivity index is 1.88. The van der Waals surface area contributed by atoms with Gasteiger partial charge in [0.05, 0.1) is 4.83 Å². The second-order valence-corrected chi connectivity index (χ2v) is 6.08. The molecule has 21 heavy (non-hydrogen) atoms. The van der Waals surface area contributed by atoms with E-state index in [0.29, 0.717) is 0 Å². The van der Waals surface area contributed by atoms with E-state index in [0.717, 1.165) is 39.0 Å². The van der Waals surface area contributed by atoms with Crippen LogP contribution in [0.15, 0.2) is 63.4 Å². The molecule has 2 aromatic heterocycles. The van der Waals surface area contributed by atoms with Crippen molar-refractivity contribution in [3.63, 3.8) is 0 Å². The van der Waals surface area contributed by atoms with Crippen LogP contribution in [-0.2, 0) is 0 Å². The predicted octanol–water partition coefficient (Wildman–Crippen LogP) is 5.97. The van der Waals surface area contributed by atoms with Gasteiger partial charge in [0.15, 0.2) is 0 Å². The van der Waals surface area contributed by atoms with Crippen LogP contribution < -0.4 is 0 Å². The summed E-state index contributed by atoms with van der Waals surface area (Å²) >= 11 is 3.72. The normalized spacial score (nSPS) is 13.0. The van der Waals surface area contributed by atoms with Crippen LogP contribution in [-0.4, -0.2) is 0 Å². The van der Waals surface area contributed by atoms with E-state index in [1.54, 1.807) is 0 Å².